The van der Waals surface area contributed by atoms with Crippen molar-refractivity contribution in [2.45, 2.75) is 33.3 Å². The summed E-state index contributed by atoms with van der Waals surface area (Å²) in [5.74, 6) is 0.458. The molecule has 0 fully saturated rings. The highest BCUT2D eigenvalue weighted by atomic mass is 16.6. The summed E-state index contributed by atoms with van der Waals surface area (Å²) in [5, 5.41) is 2.67. The van der Waals surface area contributed by atoms with Crippen LogP contribution in [0.15, 0.2) is 43.1 Å². The zero-order valence-electron chi connectivity index (χ0n) is 14.2. The Bertz CT molecular complexity index is 879. The maximum Gasteiger partial charge on any atom is 0.413 e. The Morgan fingerprint density at radius 2 is 1.96 bits per heavy atom. The van der Waals surface area contributed by atoms with Gasteiger partial charge in [0.1, 0.15) is 17.7 Å². The largest absolute Gasteiger partial charge is 0.444 e. The van der Waals surface area contributed by atoms with Crippen molar-refractivity contribution in [2.24, 2.45) is 0 Å². The molecule has 0 radical (unpaired) electrons. The van der Waals surface area contributed by atoms with Crippen LogP contribution >= 0.6 is 0 Å². The van der Waals surface area contributed by atoms with Crippen molar-refractivity contribution >= 4 is 17.4 Å². The number of rotatable bonds is 2. The second kappa shape index (κ2) is 5.96. The highest BCUT2D eigenvalue weighted by Gasteiger charge is 2.17. The Labute approximate surface area is 140 Å². The van der Waals surface area contributed by atoms with Crippen molar-refractivity contribution < 1.29 is 9.53 Å². The standard InChI is InChI=1S/C18H20N4O2/c1-12-14(13-5-7-19-8-6-13)10-22-11-20-16(9-15(12)22)21-17(23)24-18(2,3)4/h5-11H,1-4H3,(H,21,23). The third kappa shape index (κ3) is 3.37. The lowest BCUT2D eigenvalue weighted by atomic mass is 10.1. The second-order valence-corrected chi connectivity index (χ2v) is 6.60. The lowest BCUT2D eigenvalue weighted by molar-refractivity contribution is 0.0635. The highest BCUT2D eigenvalue weighted by molar-refractivity contribution is 5.85. The fourth-order valence-electron chi connectivity index (χ4n) is 2.51. The number of nitrogens with one attached hydrogen (secondary N) is 1. The van der Waals surface area contributed by atoms with E-state index in [0.717, 1.165) is 22.2 Å². The third-order valence-corrected chi connectivity index (χ3v) is 3.55. The minimum Gasteiger partial charge on any atom is -0.444 e. The Morgan fingerprint density at radius 1 is 1.25 bits per heavy atom. The summed E-state index contributed by atoms with van der Waals surface area (Å²) in [6.07, 6.45) is 6.72. The second-order valence-electron chi connectivity index (χ2n) is 6.60. The van der Waals surface area contributed by atoms with Gasteiger partial charge in [-0.25, -0.2) is 9.78 Å². The number of ether oxygens (including phenoxy) is 1. The molecule has 3 heterocycles. The van der Waals surface area contributed by atoms with Crippen LogP contribution in [0, 0.1) is 6.92 Å². The van der Waals surface area contributed by atoms with E-state index in [2.05, 4.69) is 15.3 Å². The molecule has 6 heteroatoms. The number of nitrogens with zero attached hydrogens (tertiary/aromatic N) is 3. The molecule has 0 aliphatic rings. The Balaban J connectivity index is 1.92. The van der Waals surface area contributed by atoms with Crippen molar-refractivity contribution in [3.8, 4) is 11.1 Å². The van der Waals surface area contributed by atoms with Crippen LogP contribution in [0.2, 0.25) is 0 Å². The molecule has 124 valence electrons. The van der Waals surface area contributed by atoms with Gasteiger partial charge in [0.25, 0.3) is 0 Å². The summed E-state index contributed by atoms with van der Waals surface area (Å²) < 4.78 is 7.19. The quantitative estimate of drug-likeness (QED) is 0.772. The van der Waals surface area contributed by atoms with E-state index in [-0.39, 0.29) is 0 Å². The first-order chi connectivity index (χ1) is 11.3. The number of anilines is 1. The molecule has 0 spiro atoms. The van der Waals surface area contributed by atoms with Gasteiger partial charge in [0, 0.05) is 30.2 Å². The average Bonchev–Trinajstić information content (AvgIpc) is 2.83. The number of aromatic nitrogens is 3. The molecule has 3 aromatic heterocycles. The monoisotopic (exact) mass is 324 g/mol. The Hall–Kier alpha value is -2.89. The topological polar surface area (TPSA) is 68.5 Å². The van der Waals surface area contributed by atoms with Gasteiger partial charge in [0.2, 0.25) is 0 Å². The minimum atomic E-state index is -0.548. The van der Waals surface area contributed by atoms with Gasteiger partial charge in [0.15, 0.2) is 0 Å². The van der Waals surface area contributed by atoms with Crippen molar-refractivity contribution in [2.75, 3.05) is 5.32 Å². The first-order valence-electron chi connectivity index (χ1n) is 7.71. The molecule has 0 aromatic carbocycles. The van der Waals surface area contributed by atoms with Crippen molar-refractivity contribution in [3.05, 3.63) is 48.7 Å². The number of carbonyl (C=O) groups excluding carboxylic acids is 1. The van der Waals surface area contributed by atoms with E-state index in [1.807, 2.05) is 56.5 Å². The molecule has 0 aliphatic carbocycles. The molecule has 0 saturated carbocycles. The normalized spacial score (nSPS) is 11.5. The molecule has 6 nitrogen and oxygen atoms in total. The van der Waals surface area contributed by atoms with Crippen LogP contribution in [0.4, 0.5) is 10.6 Å². The van der Waals surface area contributed by atoms with E-state index >= 15 is 0 Å². The van der Waals surface area contributed by atoms with Crippen molar-refractivity contribution in [3.63, 3.8) is 0 Å². The van der Waals surface area contributed by atoms with E-state index < -0.39 is 11.7 Å². The number of amides is 1. The van der Waals surface area contributed by atoms with Crippen LogP contribution in [0.3, 0.4) is 0 Å². The molecule has 0 saturated heterocycles. The van der Waals surface area contributed by atoms with E-state index in [0.29, 0.717) is 5.82 Å². The van der Waals surface area contributed by atoms with Gasteiger partial charge < -0.3 is 9.14 Å². The third-order valence-electron chi connectivity index (χ3n) is 3.55. The minimum absolute atomic E-state index is 0.458. The summed E-state index contributed by atoms with van der Waals surface area (Å²) >= 11 is 0. The number of hydrogen-bond donors (Lipinski definition) is 1. The lowest BCUT2D eigenvalue weighted by Gasteiger charge is -2.19. The first-order valence-corrected chi connectivity index (χ1v) is 7.71. The van der Waals surface area contributed by atoms with Crippen LogP contribution in [-0.2, 0) is 4.74 Å². The average molecular weight is 324 g/mol. The van der Waals surface area contributed by atoms with Gasteiger partial charge in [-0.15, -0.1) is 0 Å². The molecule has 0 aliphatic heterocycles. The molecule has 1 N–H and O–H groups in total. The number of aryl methyl sites for hydroxylation is 1. The van der Waals surface area contributed by atoms with Crippen molar-refractivity contribution in [1.82, 2.24) is 14.4 Å². The zero-order chi connectivity index (χ0) is 17.3. The van der Waals surface area contributed by atoms with Gasteiger partial charge in [0.05, 0.1) is 5.52 Å². The van der Waals surface area contributed by atoms with Crippen molar-refractivity contribution in [1.29, 1.82) is 0 Å². The van der Waals surface area contributed by atoms with Gasteiger partial charge in [-0.1, -0.05) is 0 Å². The summed E-state index contributed by atoms with van der Waals surface area (Å²) in [6.45, 7) is 7.51. The van der Waals surface area contributed by atoms with Crippen LogP contribution in [0.5, 0.6) is 0 Å². The van der Waals surface area contributed by atoms with Gasteiger partial charge in [-0.3, -0.25) is 10.3 Å². The predicted octanol–water partition coefficient (Wildman–Crippen LogP) is 4.05. The van der Waals surface area contributed by atoms with E-state index in [9.17, 15) is 4.79 Å². The molecular formula is C18H20N4O2. The SMILES string of the molecule is Cc1c(-c2ccncc2)cn2cnc(NC(=O)OC(C)(C)C)cc12. The van der Waals surface area contributed by atoms with Gasteiger partial charge in [-0.05, 0) is 51.0 Å². The maximum absolute atomic E-state index is 11.9. The first kappa shape index (κ1) is 16.0. The molecule has 0 bridgehead atoms. The van der Waals surface area contributed by atoms with E-state index in [4.69, 9.17) is 4.74 Å². The molecule has 1 amide bonds. The number of fused-ring (bicyclic) bond motifs is 1. The zero-order valence-corrected chi connectivity index (χ0v) is 14.2. The van der Waals surface area contributed by atoms with Crippen LogP contribution in [0.25, 0.3) is 16.6 Å². The van der Waals surface area contributed by atoms with E-state index in [1.165, 1.54) is 0 Å². The maximum atomic E-state index is 11.9. The fraction of sp³-hybridized carbons (Fsp3) is 0.278. The number of pyridine rings is 1. The van der Waals surface area contributed by atoms with Gasteiger partial charge in [-0.2, -0.15) is 0 Å². The van der Waals surface area contributed by atoms with Crippen LogP contribution < -0.4 is 5.32 Å². The molecule has 0 unspecified atom stereocenters. The number of hydrogen-bond acceptors (Lipinski definition) is 4. The summed E-state index contributed by atoms with van der Waals surface area (Å²) in [4.78, 5) is 20.2. The molecule has 3 rings (SSSR count). The van der Waals surface area contributed by atoms with Crippen LogP contribution in [0.1, 0.15) is 26.3 Å². The van der Waals surface area contributed by atoms with E-state index in [1.54, 1.807) is 18.7 Å². The highest BCUT2D eigenvalue weighted by Crippen LogP contribution is 2.28. The Morgan fingerprint density at radius 3 is 2.62 bits per heavy atom. The van der Waals surface area contributed by atoms with Gasteiger partial charge >= 0.3 is 6.09 Å². The summed E-state index contributed by atoms with van der Waals surface area (Å²) in [6, 6.07) is 5.77. The summed E-state index contributed by atoms with van der Waals surface area (Å²) in [7, 11) is 0. The number of carbonyl (C=O) groups is 1. The smallest absolute Gasteiger partial charge is 0.413 e. The molecular weight excluding hydrogens is 304 g/mol. The molecule has 0 atom stereocenters. The predicted molar refractivity (Wildman–Crippen MR) is 93.0 cm³/mol. The summed E-state index contributed by atoms with van der Waals surface area (Å²) in [5.41, 5.74) is 3.73. The lowest BCUT2D eigenvalue weighted by Crippen LogP contribution is -2.27. The van der Waals surface area contributed by atoms with Crippen LogP contribution in [-0.4, -0.2) is 26.1 Å². The molecule has 24 heavy (non-hydrogen) atoms. The molecule has 3 aromatic rings. The fourth-order valence-corrected chi connectivity index (χ4v) is 2.51. The Kier molecular flexibility index (Phi) is 3.97.